The van der Waals surface area contributed by atoms with Crippen molar-refractivity contribution in [3.05, 3.63) is 5.01 Å². The maximum Gasteiger partial charge on any atom is 0.445 e. The smallest absolute Gasteiger partial charge is 0.342 e. The molecule has 1 aliphatic carbocycles. The number of halogens is 3. The molecule has 2 fully saturated rings. The van der Waals surface area contributed by atoms with Crippen LogP contribution in [0.3, 0.4) is 0 Å². The average Bonchev–Trinajstić information content (AvgIpc) is 3.09. The summed E-state index contributed by atoms with van der Waals surface area (Å²) in [6.07, 6.45) is 1.15. The summed E-state index contributed by atoms with van der Waals surface area (Å²) in [6, 6.07) is 0.845. The van der Waals surface area contributed by atoms with Crippen molar-refractivity contribution in [2.75, 3.05) is 18.0 Å². The summed E-state index contributed by atoms with van der Waals surface area (Å²) in [6.45, 7) is 1.59. The minimum Gasteiger partial charge on any atom is -0.342 e. The summed E-state index contributed by atoms with van der Waals surface area (Å²) < 4.78 is 37.8. The van der Waals surface area contributed by atoms with E-state index in [0.717, 1.165) is 32.4 Å². The molecule has 0 radical (unpaired) electrons. The fourth-order valence-electron chi connectivity index (χ4n) is 2.50. The zero-order valence-corrected chi connectivity index (χ0v) is 11.8. The first-order chi connectivity index (χ1) is 9.54. The SMILES string of the molecule is FC(F)(F)c1nnc(N2CCCCC2CNC2CC2)s1. The van der Waals surface area contributed by atoms with Gasteiger partial charge in [0.15, 0.2) is 0 Å². The minimum atomic E-state index is -4.40. The predicted octanol–water partition coefficient (Wildman–Crippen LogP) is 2.67. The normalized spacial score (nSPS) is 24.1. The van der Waals surface area contributed by atoms with Crippen molar-refractivity contribution < 1.29 is 13.2 Å². The Bertz CT molecular complexity index is 458. The summed E-state index contributed by atoms with van der Waals surface area (Å²) >= 11 is 0.651. The molecule has 20 heavy (non-hydrogen) atoms. The summed E-state index contributed by atoms with van der Waals surface area (Å²) in [5.41, 5.74) is 0. The Hall–Kier alpha value is -0.890. The van der Waals surface area contributed by atoms with Crippen molar-refractivity contribution in [3.8, 4) is 0 Å². The third kappa shape index (κ3) is 3.22. The Morgan fingerprint density at radius 3 is 2.65 bits per heavy atom. The van der Waals surface area contributed by atoms with Crippen molar-refractivity contribution in [1.29, 1.82) is 0 Å². The van der Waals surface area contributed by atoms with Gasteiger partial charge in [-0.3, -0.25) is 0 Å². The third-order valence-electron chi connectivity index (χ3n) is 3.75. The van der Waals surface area contributed by atoms with Crippen LogP contribution in [0.2, 0.25) is 0 Å². The Labute approximate surface area is 119 Å². The van der Waals surface area contributed by atoms with Gasteiger partial charge in [-0.1, -0.05) is 11.3 Å². The van der Waals surface area contributed by atoms with Gasteiger partial charge in [-0.15, -0.1) is 10.2 Å². The minimum absolute atomic E-state index is 0.235. The van der Waals surface area contributed by atoms with Gasteiger partial charge < -0.3 is 10.2 Å². The topological polar surface area (TPSA) is 41.1 Å². The Balaban J connectivity index is 1.69. The summed E-state index contributed by atoms with van der Waals surface area (Å²) in [5, 5.41) is 10.0. The average molecular weight is 306 g/mol. The highest BCUT2D eigenvalue weighted by molar-refractivity contribution is 7.15. The van der Waals surface area contributed by atoms with Crippen LogP contribution in [-0.4, -0.2) is 35.4 Å². The van der Waals surface area contributed by atoms with Crippen LogP contribution < -0.4 is 10.2 Å². The van der Waals surface area contributed by atoms with E-state index in [9.17, 15) is 13.2 Å². The Morgan fingerprint density at radius 2 is 2.00 bits per heavy atom. The maximum absolute atomic E-state index is 12.6. The molecule has 1 saturated heterocycles. The quantitative estimate of drug-likeness (QED) is 0.928. The number of alkyl halides is 3. The molecule has 1 unspecified atom stereocenters. The molecular formula is C12H17F3N4S. The second kappa shape index (κ2) is 5.48. The molecule has 1 aromatic rings. The van der Waals surface area contributed by atoms with Crippen LogP contribution in [0.15, 0.2) is 0 Å². The molecule has 2 aliphatic rings. The van der Waals surface area contributed by atoms with Crippen LogP contribution in [-0.2, 0) is 6.18 Å². The molecule has 0 amide bonds. The molecule has 0 bridgehead atoms. The van der Waals surface area contributed by atoms with E-state index in [-0.39, 0.29) is 6.04 Å². The molecule has 1 saturated carbocycles. The van der Waals surface area contributed by atoms with E-state index in [0.29, 0.717) is 22.5 Å². The highest BCUT2D eigenvalue weighted by atomic mass is 32.1. The number of hydrogen-bond donors (Lipinski definition) is 1. The number of rotatable bonds is 4. The van der Waals surface area contributed by atoms with E-state index in [1.807, 2.05) is 4.90 Å². The molecule has 1 aromatic heterocycles. The number of aromatic nitrogens is 2. The molecule has 0 spiro atoms. The van der Waals surface area contributed by atoms with Gasteiger partial charge in [-0.25, -0.2) is 0 Å². The highest BCUT2D eigenvalue weighted by Crippen LogP contribution is 2.36. The molecule has 0 aromatic carbocycles. The van der Waals surface area contributed by atoms with Gasteiger partial charge in [0.25, 0.3) is 0 Å². The van der Waals surface area contributed by atoms with Crippen LogP contribution in [0.25, 0.3) is 0 Å². The van der Waals surface area contributed by atoms with Crippen molar-refractivity contribution in [2.45, 2.75) is 50.4 Å². The van der Waals surface area contributed by atoms with Gasteiger partial charge in [0.1, 0.15) is 0 Å². The molecule has 3 rings (SSSR count). The van der Waals surface area contributed by atoms with E-state index < -0.39 is 11.2 Å². The Kier molecular flexibility index (Phi) is 3.85. The van der Waals surface area contributed by atoms with Crippen LogP contribution in [0.5, 0.6) is 0 Å². The molecule has 4 nitrogen and oxygen atoms in total. The van der Waals surface area contributed by atoms with E-state index in [1.165, 1.54) is 12.8 Å². The van der Waals surface area contributed by atoms with Crippen LogP contribution in [0.1, 0.15) is 37.1 Å². The number of nitrogens with zero attached hydrogens (tertiary/aromatic N) is 3. The fourth-order valence-corrected chi connectivity index (χ4v) is 3.31. The van der Waals surface area contributed by atoms with Crippen molar-refractivity contribution in [3.63, 3.8) is 0 Å². The highest BCUT2D eigenvalue weighted by Gasteiger charge is 2.37. The zero-order chi connectivity index (χ0) is 14.2. The first-order valence-corrected chi connectivity index (χ1v) is 7.76. The first-order valence-electron chi connectivity index (χ1n) is 6.95. The number of hydrogen-bond acceptors (Lipinski definition) is 5. The van der Waals surface area contributed by atoms with Gasteiger partial charge in [0, 0.05) is 25.2 Å². The van der Waals surface area contributed by atoms with E-state index >= 15 is 0 Å². The molecule has 1 N–H and O–H groups in total. The van der Waals surface area contributed by atoms with E-state index in [4.69, 9.17) is 0 Å². The van der Waals surface area contributed by atoms with Crippen LogP contribution in [0.4, 0.5) is 18.3 Å². The molecule has 1 atom stereocenters. The number of nitrogens with one attached hydrogen (secondary N) is 1. The molecule has 2 heterocycles. The molecule has 8 heteroatoms. The summed E-state index contributed by atoms with van der Waals surface area (Å²) in [5.74, 6) is 0. The van der Waals surface area contributed by atoms with Gasteiger partial charge in [0.2, 0.25) is 10.1 Å². The van der Waals surface area contributed by atoms with Crippen molar-refractivity contribution in [2.24, 2.45) is 0 Å². The largest absolute Gasteiger partial charge is 0.445 e. The lowest BCUT2D eigenvalue weighted by Gasteiger charge is -2.35. The standard InChI is InChI=1S/C12H17F3N4S/c13-12(14,15)10-17-18-11(20-10)19-6-2-1-3-9(19)7-16-8-4-5-8/h8-9,16H,1-7H2. The lowest BCUT2D eigenvalue weighted by Crippen LogP contribution is -2.46. The number of piperidine rings is 1. The fraction of sp³-hybridized carbons (Fsp3) is 0.833. The lowest BCUT2D eigenvalue weighted by atomic mass is 10.0. The predicted molar refractivity (Wildman–Crippen MR) is 70.9 cm³/mol. The number of anilines is 1. The molecular weight excluding hydrogens is 289 g/mol. The third-order valence-corrected chi connectivity index (χ3v) is 4.75. The van der Waals surface area contributed by atoms with Crippen molar-refractivity contribution in [1.82, 2.24) is 15.5 Å². The van der Waals surface area contributed by atoms with Crippen LogP contribution in [0, 0.1) is 0 Å². The second-order valence-electron chi connectivity index (χ2n) is 5.41. The van der Waals surface area contributed by atoms with Gasteiger partial charge in [0.05, 0.1) is 0 Å². The zero-order valence-electron chi connectivity index (χ0n) is 11.0. The second-order valence-corrected chi connectivity index (χ2v) is 6.37. The van der Waals surface area contributed by atoms with Gasteiger partial charge in [-0.2, -0.15) is 13.2 Å². The van der Waals surface area contributed by atoms with Gasteiger partial charge >= 0.3 is 6.18 Å². The van der Waals surface area contributed by atoms with E-state index in [2.05, 4.69) is 15.5 Å². The van der Waals surface area contributed by atoms with E-state index in [1.54, 1.807) is 0 Å². The molecule has 112 valence electrons. The summed E-state index contributed by atoms with van der Waals surface area (Å²) in [7, 11) is 0. The summed E-state index contributed by atoms with van der Waals surface area (Å²) in [4.78, 5) is 1.99. The lowest BCUT2D eigenvalue weighted by molar-refractivity contribution is -0.138. The molecule has 1 aliphatic heterocycles. The van der Waals surface area contributed by atoms with Gasteiger partial charge in [-0.05, 0) is 32.1 Å². The van der Waals surface area contributed by atoms with Crippen molar-refractivity contribution >= 4 is 16.5 Å². The monoisotopic (exact) mass is 306 g/mol. The first kappa shape index (κ1) is 14.1. The maximum atomic E-state index is 12.6. The Morgan fingerprint density at radius 1 is 1.20 bits per heavy atom. The van der Waals surface area contributed by atoms with Crippen LogP contribution >= 0.6 is 11.3 Å².